The predicted octanol–water partition coefficient (Wildman–Crippen LogP) is 6.55. The third kappa shape index (κ3) is 32.4. The van der Waals surface area contributed by atoms with Crippen LogP contribution in [0.3, 0.4) is 0 Å². The minimum atomic E-state index is 1.11. The zero-order chi connectivity index (χ0) is 16.9. The summed E-state index contributed by atoms with van der Waals surface area (Å²) in [5.74, 6) is 0. The van der Waals surface area contributed by atoms with Gasteiger partial charge in [0.05, 0.1) is 0 Å². The van der Waals surface area contributed by atoms with Crippen LogP contribution < -0.4 is 4.34 Å². The van der Waals surface area contributed by atoms with Gasteiger partial charge in [-0.2, -0.15) is 0 Å². The van der Waals surface area contributed by atoms with E-state index in [1.807, 2.05) is 26.0 Å². The van der Waals surface area contributed by atoms with E-state index in [9.17, 15) is 0 Å². The smallest absolute Gasteiger partial charge is 0.00875 e. The van der Waals surface area contributed by atoms with E-state index in [2.05, 4.69) is 27.4 Å². The Hall–Kier alpha value is 0.400. The van der Waals surface area contributed by atoms with Crippen molar-refractivity contribution in [2.45, 2.75) is 96.8 Å². The van der Waals surface area contributed by atoms with Gasteiger partial charge in [-0.05, 0) is 27.6 Å². The molecule has 0 rings (SSSR count). The molecule has 0 atom stereocenters. The van der Waals surface area contributed by atoms with Gasteiger partial charge < -0.3 is 4.90 Å². The van der Waals surface area contributed by atoms with Crippen LogP contribution in [0.2, 0.25) is 0 Å². The Morgan fingerprint density at radius 1 is 0.591 bits per heavy atom. The van der Waals surface area contributed by atoms with Crippen molar-refractivity contribution in [3.05, 3.63) is 0 Å². The van der Waals surface area contributed by atoms with Crippen molar-refractivity contribution in [1.82, 2.24) is 9.24 Å². The first-order valence-electron chi connectivity index (χ1n) is 9.59. The second kappa shape index (κ2) is 23.7. The molecule has 0 fully saturated rings. The highest BCUT2D eigenvalue weighted by Crippen LogP contribution is 2.12. The first-order valence-corrected chi connectivity index (χ1v) is 10.4. The van der Waals surface area contributed by atoms with Crippen molar-refractivity contribution in [2.75, 3.05) is 27.7 Å². The first-order chi connectivity index (χ1) is 10.6. The van der Waals surface area contributed by atoms with E-state index < -0.39 is 0 Å². The maximum absolute atomic E-state index is 3.24. The minimum absolute atomic E-state index is 1.11. The Balaban J connectivity index is 0. The molecule has 0 saturated heterocycles. The van der Waals surface area contributed by atoms with E-state index in [4.69, 9.17) is 0 Å². The SMILES string of the molecule is CCCCCCCCCCCCCCCCNBr.CN(C)C. The highest BCUT2D eigenvalue weighted by atomic mass is 79.9. The number of unbranched alkanes of at least 4 members (excludes halogenated alkanes) is 13. The second-order valence-corrected chi connectivity index (χ2v) is 7.38. The van der Waals surface area contributed by atoms with E-state index in [1.165, 1.54) is 89.9 Å². The third-order valence-electron chi connectivity index (χ3n) is 3.62. The average molecular weight is 379 g/mol. The summed E-state index contributed by atoms with van der Waals surface area (Å²) in [6, 6.07) is 0. The van der Waals surface area contributed by atoms with E-state index in [0.717, 1.165) is 6.54 Å². The molecular formula is C19H43BrN2. The zero-order valence-electron chi connectivity index (χ0n) is 15.9. The van der Waals surface area contributed by atoms with E-state index >= 15 is 0 Å². The fraction of sp³-hybridized carbons (Fsp3) is 1.00. The molecule has 3 heteroatoms. The van der Waals surface area contributed by atoms with Crippen LogP contribution in [-0.4, -0.2) is 32.6 Å². The number of rotatable bonds is 15. The first kappa shape index (κ1) is 24.6. The Labute approximate surface area is 150 Å². The summed E-state index contributed by atoms with van der Waals surface area (Å²) in [5, 5.41) is 0. The van der Waals surface area contributed by atoms with Crippen LogP contribution >= 0.6 is 16.1 Å². The molecule has 0 amide bonds. The monoisotopic (exact) mass is 378 g/mol. The van der Waals surface area contributed by atoms with E-state index in [-0.39, 0.29) is 0 Å². The molecule has 0 heterocycles. The van der Waals surface area contributed by atoms with Crippen LogP contribution in [-0.2, 0) is 0 Å². The van der Waals surface area contributed by atoms with Crippen molar-refractivity contribution in [3.8, 4) is 0 Å². The molecule has 0 aliphatic rings. The largest absolute Gasteiger partial charge is 0.312 e. The fourth-order valence-electron chi connectivity index (χ4n) is 2.39. The Morgan fingerprint density at radius 3 is 1.14 bits per heavy atom. The lowest BCUT2D eigenvalue weighted by atomic mass is 10.0. The molecule has 2 nitrogen and oxygen atoms in total. The van der Waals surface area contributed by atoms with Crippen molar-refractivity contribution in [3.63, 3.8) is 0 Å². The summed E-state index contributed by atoms with van der Waals surface area (Å²) in [7, 11) is 6.00. The molecule has 136 valence electrons. The van der Waals surface area contributed by atoms with Gasteiger partial charge in [0.15, 0.2) is 0 Å². The normalized spacial score (nSPS) is 10.6. The second-order valence-electron chi connectivity index (χ2n) is 6.82. The maximum Gasteiger partial charge on any atom is 0.00875 e. The lowest BCUT2D eigenvalue weighted by Gasteiger charge is -2.03. The molecule has 0 aliphatic carbocycles. The van der Waals surface area contributed by atoms with Gasteiger partial charge in [-0.15, -0.1) is 0 Å². The summed E-state index contributed by atoms with van der Waals surface area (Å²) in [6.45, 7) is 3.40. The lowest BCUT2D eigenvalue weighted by molar-refractivity contribution is 0.505. The van der Waals surface area contributed by atoms with E-state index in [1.54, 1.807) is 0 Å². The van der Waals surface area contributed by atoms with Crippen LogP contribution in [0.25, 0.3) is 0 Å². The van der Waals surface area contributed by atoms with Gasteiger partial charge in [0.25, 0.3) is 0 Å². The van der Waals surface area contributed by atoms with Crippen LogP contribution in [0.5, 0.6) is 0 Å². The molecule has 0 aliphatic heterocycles. The van der Waals surface area contributed by atoms with Crippen molar-refractivity contribution >= 4 is 16.1 Å². The Bertz CT molecular complexity index is 156. The minimum Gasteiger partial charge on any atom is -0.312 e. The maximum atomic E-state index is 3.24. The van der Waals surface area contributed by atoms with Gasteiger partial charge in [-0.25, -0.2) is 0 Å². The van der Waals surface area contributed by atoms with Gasteiger partial charge in [-0.3, -0.25) is 4.34 Å². The number of halogens is 1. The fourth-order valence-corrected chi connectivity index (χ4v) is 2.67. The molecular weight excluding hydrogens is 336 g/mol. The molecule has 0 aromatic heterocycles. The van der Waals surface area contributed by atoms with Crippen molar-refractivity contribution < 1.29 is 0 Å². The summed E-state index contributed by atoms with van der Waals surface area (Å²) < 4.78 is 3.02. The van der Waals surface area contributed by atoms with Crippen LogP contribution in [0.15, 0.2) is 0 Å². The molecule has 22 heavy (non-hydrogen) atoms. The Kier molecular flexibility index (Phi) is 26.5. The zero-order valence-corrected chi connectivity index (χ0v) is 17.5. The van der Waals surface area contributed by atoms with Crippen LogP contribution in [0.4, 0.5) is 0 Å². The van der Waals surface area contributed by atoms with Crippen LogP contribution in [0.1, 0.15) is 96.8 Å². The molecule has 0 radical (unpaired) electrons. The van der Waals surface area contributed by atoms with Gasteiger partial charge in [0.2, 0.25) is 0 Å². The van der Waals surface area contributed by atoms with Gasteiger partial charge in [0.1, 0.15) is 0 Å². The number of hydrogen-bond acceptors (Lipinski definition) is 2. The highest BCUT2D eigenvalue weighted by molar-refractivity contribution is 9.08. The molecule has 0 aromatic rings. The molecule has 0 bridgehead atoms. The average Bonchev–Trinajstić information content (AvgIpc) is 2.47. The quantitative estimate of drug-likeness (QED) is 0.256. The van der Waals surface area contributed by atoms with Crippen LogP contribution in [0, 0.1) is 0 Å². The molecule has 0 unspecified atom stereocenters. The van der Waals surface area contributed by atoms with Gasteiger partial charge >= 0.3 is 0 Å². The number of hydrogen-bond donors (Lipinski definition) is 1. The third-order valence-corrected chi connectivity index (χ3v) is 4.02. The van der Waals surface area contributed by atoms with Gasteiger partial charge in [0, 0.05) is 22.7 Å². The summed E-state index contributed by atoms with van der Waals surface area (Å²) in [6.07, 6.45) is 20.1. The van der Waals surface area contributed by atoms with E-state index in [0.29, 0.717) is 0 Å². The molecule has 0 spiro atoms. The summed E-state index contributed by atoms with van der Waals surface area (Å²) >= 11 is 3.24. The summed E-state index contributed by atoms with van der Waals surface area (Å²) in [5.41, 5.74) is 0. The molecule has 0 aromatic carbocycles. The van der Waals surface area contributed by atoms with Crippen molar-refractivity contribution in [1.29, 1.82) is 0 Å². The van der Waals surface area contributed by atoms with Gasteiger partial charge in [-0.1, -0.05) is 90.4 Å². The molecule has 1 N–H and O–H groups in total. The standard InChI is InChI=1S/C16H34BrN.C3H9N/c1-2-3-4-5-6-7-8-9-10-11-12-13-14-15-16-18-17;1-4(2)3/h18H,2-16H2,1H3;1-3H3. The Morgan fingerprint density at radius 2 is 0.864 bits per heavy atom. The van der Waals surface area contributed by atoms with Crippen molar-refractivity contribution in [2.24, 2.45) is 0 Å². The number of nitrogens with zero attached hydrogens (tertiary/aromatic N) is 1. The highest BCUT2D eigenvalue weighted by Gasteiger charge is 1.93. The topological polar surface area (TPSA) is 15.3 Å². The molecule has 0 saturated carbocycles. The predicted molar refractivity (Wildman–Crippen MR) is 107 cm³/mol. The number of nitrogens with one attached hydrogen (secondary N) is 1. The summed E-state index contributed by atoms with van der Waals surface area (Å²) in [4.78, 5) is 2.00. The lowest BCUT2D eigenvalue weighted by Crippen LogP contribution is -1.99.